The molecule has 35 heavy (non-hydrogen) atoms. The van der Waals surface area contributed by atoms with Crippen molar-refractivity contribution in [1.82, 2.24) is 19.9 Å². The number of carbonyl (C=O) groups excluding carboxylic acids is 1. The number of alkyl halides is 3. The molecule has 178 valence electrons. The van der Waals surface area contributed by atoms with Gasteiger partial charge >= 0.3 is 6.18 Å². The van der Waals surface area contributed by atoms with Crippen LogP contribution < -0.4 is 15.4 Å². The summed E-state index contributed by atoms with van der Waals surface area (Å²) in [6, 6.07) is 11.9. The van der Waals surface area contributed by atoms with Gasteiger partial charge in [0, 0.05) is 24.9 Å². The van der Waals surface area contributed by atoms with E-state index in [-0.39, 0.29) is 27.9 Å². The van der Waals surface area contributed by atoms with Crippen molar-refractivity contribution in [1.29, 1.82) is 0 Å². The Labute approximate surface area is 202 Å². The van der Waals surface area contributed by atoms with E-state index < -0.39 is 17.6 Å². The van der Waals surface area contributed by atoms with Gasteiger partial charge in [0.15, 0.2) is 5.82 Å². The summed E-state index contributed by atoms with van der Waals surface area (Å²) in [6.07, 6.45) is -1.71. The van der Waals surface area contributed by atoms with Crippen molar-refractivity contribution in [2.24, 2.45) is 0 Å². The van der Waals surface area contributed by atoms with E-state index in [1.165, 1.54) is 30.7 Å². The van der Waals surface area contributed by atoms with E-state index in [2.05, 4.69) is 30.6 Å². The lowest BCUT2D eigenvalue weighted by molar-refractivity contribution is -0.137. The zero-order valence-corrected chi connectivity index (χ0v) is 18.7. The number of rotatable bonds is 6. The van der Waals surface area contributed by atoms with Gasteiger partial charge in [-0.25, -0.2) is 15.0 Å². The predicted molar refractivity (Wildman–Crippen MR) is 124 cm³/mol. The van der Waals surface area contributed by atoms with Crippen molar-refractivity contribution in [3.8, 4) is 23.0 Å². The maximum atomic E-state index is 13.0. The van der Waals surface area contributed by atoms with Crippen molar-refractivity contribution < 1.29 is 22.7 Å². The van der Waals surface area contributed by atoms with Crippen LogP contribution in [0, 0.1) is 0 Å². The van der Waals surface area contributed by atoms with E-state index in [4.69, 9.17) is 16.3 Å². The fraction of sp³-hybridized carbons (Fsp3) is 0.0870. The van der Waals surface area contributed by atoms with Crippen molar-refractivity contribution in [2.75, 3.05) is 17.7 Å². The minimum absolute atomic E-state index is 0.140. The molecule has 0 spiro atoms. The number of carbonyl (C=O) groups is 1. The van der Waals surface area contributed by atoms with Gasteiger partial charge in [-0.3, -0.25) is 4.79 Å². The number of nitrogens with one attached hydrogen (secondary N) is 2. The number of anilines is 2. The first-order valence-corrected chi connectivity index (χ1v) is 10.4. The summed E-state index contributed by atoms with van der Waals surface area (Å²) in [5, 5.41) is 5.50. The molecule has 2 aromatic carbocycles. The quantitative estimate of drug-likeness (QED) is 0.350. The molecule has 0 saturated heterocycles. The number of halogens is 4. The summed E-state index contributed by atoms with van der Waals surface area (Å²) in [4.78, 5) is 29.2. The van der Waals surface area contributed by atoms with Crippen LogP contribution in [0.25, 0.3) is 11.4 Å². The highest BCUT2D eigenvalue weighted by Gasteiger charge is 2.31. The number of pyridine rings is 1. The monoisotopic (exact) mass is 500 g/mol. The minimum Gasteiger partial charge on any atom is -0.438 e. The Kier molecular flexibility index (Phi) is 6.78. The van der Waals surface area contributed by atoms with Crippen molar-refractivity contribution in [3.05, 3.63) is 83.3 Å². The van der Waals surface area contributed by atoms with Crippen molar-refractivity contribution >= 4 is 29.1 Å². The SMILES string of the molecule is CNc1ncnc(-c2cccnc2Oc2ccc(Cl)c(NC(=O)c3cccc(C(F)(F)F)c3)c2)n1. The average Bonchev–Trinajstić information content (AvgIpc) is 2.86. The molecule has 1 amide bonds. The largest absolute Gasteiger partial charge is 0.438 e. The molecule has 0 fully saturated rings. The highest BCUT2D eigenvalue weighted by molar-refractivity contribution is 6.34. The Balaban J connectivity index is 1.59. The van der Waals surface area contributed by atoms with Crippen molar-refractivity contribution in [2.45, 2.75) is 6.18 Å². The second-order valence-corrected chi connectivity index (χ2v) is 7.42. The van der Waals surface area contributed by atoms with Gasteiger partial charge < -0.3 is 15.4 Å². The first-order valence-electron chi connectivity index (χ1n) is 10.0. The van der Waals surface area contributed by atoms with Crippen LogP contribution in [0.2, 0.25) is 5.02 Å². The molecule has 2 aromatic heterocycles. The van der Waals surface area contributed by atoms with E-state index in [1.807, 2.05) is 0 Å². The lowest BCUT2D eigenvalue weighted by atomic mass is 10.1. The number of nitrogens with zero attached hydrogens (tertiary/aromatic N) is 4. The first kappa shape index (κ1) is 23.9. The second kappa shape index (κ2) is 9.94. The molecule has 0 saturated carbocycles. The summed E-state index contributed by atoms with van der Waals surface area (Å²) in [7, 11) is 1.67. The van der Waals surface area contributed by atoms with E-state index in [1.54, 1.807) is 25.2 Å². The number of hydrogen-bond acceptors (Lipinski definition) is 7. The Bertz CT molecular complexity index is 1380. The highest BCUT2D eigenvalue weighted by Crippen LogP contribution is 2.34. The summed E-state index contributed by atoms with van der Waals surface area (Å²) in [5.74, 6) is 0.351. The molecular formula is C23H16ClF3N6O2. The summed E-state index contributed by atoms with van der Waals surface area (Å²) in [5.41, 5.74) is -0.488. The molecule has 12 heteroatoms. The van der Waals surface area contributed by atoms with Crippen LogP contribution in [-0.4, -0.2) is 32.9 Å². The van der Waals surface area contributed by atoms with E-state index in [0.717, 1.165) is 18.2 Å². The topological polar surface area (TPSA) is 102 Å². The normalized spacial score (nSPS) is 11.1. The number of benzene rings is 2. The first-order chi connectivity index (χ1) is 16.7. The van der Waals surface area contributed by atoms with Crippen LogP contribution in [0.3, 0.4) is 0 Å². The van der Waals surface area contributed by atoms with Crippen LogP contribution in [-0.2, 0) is 6.18 Å². The number of aromatic nitrogens is 4. The molecule has 4 rings (SSSR count). The molecule has 0 aliphatic heterocycles. The molecule has 2 heterocycles. The van der Waals surface area contributed by atoms with Gasteiger partial charge in [-0.1, -0.05) is 17.7 Å². The lowest BCUT2D eigenvalue weighted by Gasteiger charge is -2.13. The van der Waals surface area contributed by atoms with Gasteiger partial charge in [-0.15, -0.1) is 0 Å². The summed E-state index contributed by atoms with van der Waals surface area (Å²) in [6.45, 7) is 0. The van der Waals surface area contributed by atoms with Gasteiger partial charge in [0.25, 0.3) is 5.91 Å². The van der Waals surface area contributed by atoms with Crippen LogP contribution in [0.4, 0.5) is 24.8 Å². The Morgan fingerprint density at radius 1 is 1.03 bits per heavy atom. The molecule has 8 nitrogen and oxygen atoms in total. The van der Waals surface area contributed by atoms with Crippen LogP contribution in [0.15, 0.2) is 67.1 Å². The van der Waals surface area contributed by atoms with Gasteiger partial charge in [-0.2, -0.15) is 18.2 Å². The molecule has 0 atom stereocenters. The molecule has 2 N–H and O–H groups in total. The molecule has 0 radical (unpaired) electrons. The third-order valence-electron chi connectivity index (χ3n) is 4.66. The molecule has 4 aromatic rings. The zero-order valence-electron chi connectivity index (χ0n) is 18.0. The minimum atomic E-state index is -4.57. The van der Waals surface area contributed by atoms with Crippen LogP contribution in [0.5, 0.6) is 11.6 Å². The highest BCUT2D eigenvalue weighted by atomic mass is 35.5. The fourth-order valence-corrected chi connectivity index (χ4v) is 3.16. The van der Waals surface area contributed by atoms with E-state index in [9.17, 15) is 18.0 Å². The third kappa shape index (κ3) is 5.64. The molecule has 0 bridgehead atoms. The number of hydrogen-bond donors (Lipinski definition) is 2. The lowest BCUT2D eigenvalue weighted by Crippen LogP contribution is -2.14. The van der Waals surface area contributed by atoms with Gasteiger partial charge in [0.2, 0.25) is 11.8 Å². The Morgan fingerprint density at radius 3 is 2.63 bits per heavy atom. The fourth-order valence-electron chi connectivity index (χ4n) is 3.00. The summed E-state index contributed by atoms with van der Waals surface area (Å²) < 4.78 is 44.9. The van der Waals surface area contributed by atoms with Gasteiger partial charge in [0.05, 0.1) is 21.8 Å². The van der Waals surface area contributed by atoms with Gasteiger partial charge in [0.1, 0.15) is 12.1 Å². The molecule has 0 unspecified atom stereocenters. The summed E-state index contributed by atoms with van der Waals surface area (Å²) >= 11 is 6.20. The van der Waals surface area contributed by atoms with Gasteiger partial charge in [-0.05, 0) is 42.5 Å². The maximum Gasteiger partial charge on any atom is 0.416 e. The number of ether oxygens (including phenoxy) is 1. The third-order valence-corrected chi connectivity index (χ3v) is 4.99. The Hall–Kier alpha value is -4.25. The number of amides is 1. The van der Waals surface area contributed by atoms with Crippen LogP contribution in [0.1, 0.15) is 15.9 Å². The molecular weight excluding hydrogens is 485 g/mol. The maximum absolute atomic E-state index is 13.0. The molecule has 0 aliphatic carbocycles. The zero-order chi connectivity index (χ0) is 25.0. The average molecular weight is 501 g/mol. The predicted octanol–water partition coefficient (Wildman–Crippen LogP) is 5.69. The molecule has 0 aliphatic rings. The van der Waals surface area contributed by atoms with E-state index in [0.29, 0.717) is 17.3 Å². The smallest absolute Gasteiger partial charge is 0.416 e. The van der Waals surface area contributed by atoms with Crippen molar-refractivity contribution in [3.63, 3.8) is 0 Å². The van der Waals surface area contributed by atoms with E-state index >= 15 is 0 Å². The van der Waals surface area contributed by atoms with Crippen LogP contribution >= 0.6 is 11.6 Å². The standard InChI is InChI=1S/C23H16ClF3N6O2/c1-28-22-31-12-30-19(33-22)16-6-3-9-29-21(16)35-15-7-8-17(24)18(11-15)32-20(34)13-4-2-5-14(10-13)23(25,26)27/h2-12H,1H3,(H,32,34)(H,28,30,31,33). The Morgan fingerprint density at radius 2 is 1.86 bits per heavy atom. The second-order valence-electron chi connectivity index (χ2n) is 7.02.